The summed E-state index contributed by atoms with van der Waals surface area (Å²) in [6.45, 7) is 5.91. The highest BCUT2D eigenvalue weighted by Gasteiger charge is 2.43. The molecule has 0 radical (unpaired) electrons. The molecular formula is C15H24N4O. The molecule has 1 N–H and O–H groups in total. The van der Waals surface area contributed by atoms with Crippen LogP contribution >= 0.6 is 0 Å². The fourth-order valence-electron chi connectivity index (χ4n) is 4.00. The number of nitrogens with one attached hydrogen (secondary N) is 1. The number of carbonyl (C=O) groups is 1. The molecule has 1 amide bonds. The van der Waals surface area contributed by atoms with Crippen LogP contribution in [0.3, 0.4) is 0 Å². The SMILES string of the molecule is C[C@H](NC(=O)C(C)(C)n1cncn1)[C@@H]1C[C@H]2CC[C@H]1C2. The molecule has 4 atom stereocenters. The number of hydrogen-bond donors (Lipinski definition) is 1. The second-order valence-corrected chi connectivity index (χ2v) is 7.00. The van der Waals surface area contributed by atoms with Crippen molar-refractivity contribution in [3.05, 3.63) is 12.7 Å². The van der Waals surface area contributed by atoms with Crippen molar-refractivity contribution >= 4 is 5.91 Å². The van der Waals surface area contributed by atoms with Gasteiger partial charge in [-0.05, 0) is 57.8 Å². The van der Waals surface area contributed by atoms with Crippen molar-refractivity contribution in [2.75, 3.05) is 0 Å². The molecule has 0 aromatic carbocycles. The lowest BCUT2D eigenvalue weighted by molar-refractivity contribution is -0.130. The van der Waals surface area contributed by atoms with Crippen molar-refractivity contribution in [3.8, 4) is 0 Å². The average Bonchev–Trinajstić information content (AvgIpc) is 3.15. The number of carbonyl (C=O) groups excluding carboxylic acids is 1. The van der Waals surface area contributed by atoms with Gasteiger partial charge in [0.05, 0.1) is 0 Å². The molecule has 0 unspecified atom stereocenters. The Hall–Kier alpha value is -1.39. The molecule has 2 fully saturated rings. The van der Waals surface area contributed by atoms with E-state index >= 15 is 0 Å². The molecule has 1 aromatic heterocycles. The molecule has 2 bridgehead atoms. The van der Waals surface area contributed by atoms with Gasteiger partial charge in [0.25, 0.3) is 0 Å². The minimum atomic E-state index is -0.692. The van der Waals surface area contributed by atoms with Gasteiger partial charge in [-0.25, -0.2) is 9.67 Å². The molecule has 5 nitrogen and oxygen atoms in total. The van der Waals surface area contributed by atoms with E-state index in [2.05, 4.69) is 22.3 Å². The summed E-state index contributed by atoms with van der Waals surface area (Å²) in [5.74, 6) is 2.42. The maximum atomic E-state index is 12.5. The Morgan fingerprint density at radius 2 is 2.20 bits per heavy atom. The number of nitrogens with zero attached hydrogens (tertiary/aromatic N) is 3. The van der Waals surface area contributed by atoms with Gasteiger partial charge in [0.1, 0.15) is 18.2 Å². The summed E-state index contributed by atoms with van der Waals surface area (Å²) in [4.78, 5) is 16.5. The first-order valence-corrected chi connectivity index (χ1v) is 7.64. The summed E-state index contributed by atoms with van der Waals surface area (Å²) in [7, 11) is 0. The van der Waals surface area contributed by atoms with Crippen molar-refractivity contribution in [3.63, 3.8) is 0 Å². The maximum Gasteiger partial charge on any atom is 0.247 e. The quantitative estimate of drug-likeness (QED) is 0.914. The second-order valence-electron chi connectivity index (χ2n) is 7.00. The topological polar surface area (TPSA) is 59.8 Å². The van der Waals surface area contributed by atoms with Crippen molar-refractivity contribution in [1.29, 1.82) is 0 Å². The highest BCUT2D eigenvalue weighted by molar-refractivity contribution is 5.83. The maximum absolute atomic E-state index is 12.5. The van der Waals surface area contributed by atoms with Crippen LogP contribution in [0.15, 0.2) is 12.7 Å². The van der Waals surface area contributed by atoms with Gasteiger partial charge in [-0.2, -0.15) is 5.10 Å². The summed E-state index contributed by atoms with van der Waals surface area (Å²) in [5, 5.41) is 7.30. The van der Waals surface area contributed by atoms with E-state index in [4.69, 9.17) is 0 Å². The highest BCUT2D eigenvalue weighted by Crippen LogP contribution is 2.49. The lowest BCUT2D eigenvalue weighted by Crippen LogP contribution is -2.50. The molecule has 0 saturated heterocycles. The second kappa shape index (κ2) is 4.86. The molecule has 3 rings (SSSR count). The third-order valence-electron chi connectivity index (χ3n) is 5.34. The van der Waals surface area contributed by atoms with E-state index in [-0.39, 0.29) is 11.9 Å². The smallest absolute Gasteiger partial charge is 0.247 e. The fraction of sp³-hybridized carbons (Fsp3) is 0.800. The van der Waals surface area contributed by atoms with Gasteiger partial charge in [0.2, 0.25) is 5.91 Å². The van der Waals surface area contributed by atoms with Crippen molar-refractivity contribution < 1.29 is 4.79 Å². The zero-order chi connectivity index (χ0) is 14.3. The van der Waals surface area contributed by atoms with Crippen LogP contribution in [0.4, 0.5) is 0 Å². The molecule has 1 heterocycles. The summed E-state index contributed by atoms with van der Waals surface area (Å²) in [6, 6.07) is 0.251. The Bertz CT molecular complexity index is 482. The third-order valence-corrected chi connectivity index (χ3v) is 5.34. The van der Waals surface area contributed by atoms with Crippen LogP contribution in [0.2, 0.25) is 0 Å². The molecule has 0 spiro atoms. The van der Waals surface area contributed by atoms with Crippen LogP contribution in [0.1, 0.15) is 46.5 Å². The molecule has 2 saturated carbocycles. The van der Waals surface area contributed by atoms with Crippen LogP contribution < -0.4 is 5.32 Å². The van der Waals surface area contributed by atoms with Crippen molar-refractivity contribution in [2.45, 2.75) is 58.0 Å². The number of hydrogen-bond acceptors (Lipinski definition) is 3. The Labute approximate surface area is 120 Å². The molecule has 1 aromatic rings. The van der Waals surface area contributed by atoms with Gasteiger partial charge >= 0.3 is 0 Å². The van der Waals surface area contributed by atoms with E-state index in [0.717, 1.165) is 11.8 Å². The summed E-state index contributed by atoms with van der Waals surface area (Å²) in [5.41, 5.74) is -0.692. The monoisotopic (exact) mass is 276 g/mol. The standard InChI is InChI=1S/C15H24N4O/c1-10(13-7-11-4-5-12(13)6-11)18-14(20)15(2,3)19-9-16-8-17-19/h8-13H,4-7H2,1-3H3,(H,18,20)/t10-,11-,12-,13-/m0/s1. The molecule has 110 valence electrons. The minimum Gasteiger partial charge on any atom is -0.351 e. The predicted molar refractivity (Wildman–Crippen MR) is 75.9 cm³/mol. The van der Waals surface area contributed by atoms with E-state index in [1.165, 1.54) is 32.0 Å². The van der Waals surface area contributed by atoms with E-state index in [1.807, 2.05) is 13.8 Å². The Balaban J connectivity index is 1.64. The van der Waals surface area contributed by atoms with Gasteiger partial charge in [-0.1, -0.05) is 6.42 Å². The molecular weight excluding hydrogens is 252 g/mol. The van der Waals surface area contributed by atoms with Gasteiger partial charge in [0.15, 0.2) is 0 Å². The van der Waals surface area contributed by atoms with E-state index in [9.17, 15) is 4.79 Å². The minimum absolute atomic E-state index is 0.0262. The first kappa shape index (κ1) is 13.6. The molecule has 20 heavy (non-hydrogen) atoms. The van der Waals surface area contributed by atoms with Crippen molar-refractivity contribution in [1.82, 2.24) is 20.1 Å². The van der Waals surface area contributed by atoms with E-state index < -0.39 is 5.54 Å². The Morgan fingerprint density at radius 1 is 1.40 bits per heavy atom. The highest BCUT2D eigenvalue weighted by atomic mass is 16.2. The summed E-state index contributed by atoms with van der Waals surface area (Å²) in [6.07, 6.45) is 8.47. The summed E-state index contributed by atoms with van der Waals surface area (Å²) < 4.78 is 1.62. The van der Waals surface area contributed by atoms with Crippen LogP contribution in [-0.4, -0.2) is 26.7 Å². The predicted octanol–water partition coefficient (Wildman–Crippen LogP) is 1.95. The van der Waals surface area contributed by atoms with E-state index in [1.54, 1.807) is 11.0 Å². The molecule has 5 heteroatoms. The molecule has 0 aliphatic heterocycles. The number of fused-ring (bicyclic) bond motifs is 2. The van der Waals surface area contributed by atoms with Crippen LogP contribution in [0.25, 0.3) is 0 Å². The zero-order valence-corrected chi connectivity index (χ0v) is 12.5. The normalized spacial score (nSPS) is 30.4. The number of amides is 1. The van der Waals surface area contributed by atoms with Gasteiger partial charge in [0, 0.05) is 6.04 Å². The fourth-order valence-corrected chi connectivity index (χ4v) is 4.00. The van der Waals surface area contributed by atoms with Crippen LogP contribution in [0, 0.1) is 17.8 Å². The first-order valence-electron chi connectivity index (χ1n) is 7.64. The van der Waals surface area contributed by atoms with Gasteiger partial charge in [-0.15, -0.1) is 0 Å². The van der Waals surface area contributed by atoms with Crippen LogP contribution in [-0.2, 0) is 10.3 Å². The Kier molecular flexibility index (Phi) is 3.30. The van der Waals surface area contributed by atoms with Crippen molar-refractivity contribution in [2.24, 2.45) is 17.8 Å². The molecule has 2 aliphatic carbocycles. The van der Waals surface area contributed by atoms with Crippen LogP contribution in [0.5, 0.6) is 0 Å². The molecule has 2 aliphatic rings. The lowest BCUT2D eigenvalue weighted by atomic mass is 9.83. The van der Waals surface area contributed by atoms with Gasteiger partial charge in [-0.3, -0.25) is 4.79 Å². The average molecular weight is 276 g/mol. The largest absolute Gasteiger partial charge is 0.351 e. The Morgan fingerprint density at radius 3 is 2.75 bits per heavy atom. The number of aromatic nitrogens is 3. The van der Waals surface area contributed by atoms with E-state index in [0.29, 0.717) is 5.92 Å². The number of rotatable bonds is 4. The lowest BCUT2D eigenvalue weighted by Gasteiger charge is -2.32. The third kappa shape index (κ3) is 2.23. The zero-order valence-electron chi connectivity index (χ0n) is 12.5. The summed E-state index contributed by atoms with van der Waals surface area (Å²) >= 11 is 0. The first-order chi connectivity index (χ1) is 9.48. The van der Waals surface area contributed by atoms with Gasteiger partial charge < -0.3 is 5.32 Å².